The lowest BCUT2D eigenvalue weighted by atomic mass is 9.83. The predicted molar refractivity (Wildman–Crippen MR) is 84.3 cm³/mol. The number of ether oxygens (including phenoxy) is 1. The highest BCUT2D eigenvalue weighted by molar-refractivity contribution is 5.33. The topological polar surface area (TPSA) is 41.5 Å². The number of aliphatic hydroxyl groups is 1. The quantitative estimate of drug-likeness (QED) is 0.730. The zero-order valence-corrected chi connectivity index (χ0v) is 13.3. The van der Waals surface area contributed by atoms with Gasteiger partial charge in [-0.15, -0.1) is 0 Å². The Morgan fingerprint density at radius 1 is 1.25 bits per heavy atom. The van der Waals surface area contributed by atoms with Gasteiger partial charge < -0.3 is 15.2 Å². The van der Waals surface area contributed by atoms with Gasteiger partial charge in [0.1, 0.15) is 5.75 Å². The van der Waals surface area contributed by atoms with Crippen molar-refractivity contribution in [2.24, 2.45) is 5.41 Å². The molecule has 3 nitrogen and oxygen atoms in total. The molecule has 0 aliphatic carbocycles. The van der Waals surface area contributed by atoms with Crippen molar-refractivity contribution in [3.8, 4) is 5.75 Å². The lowest BCUT2D eigenvalue weighted by Crippen LogP contribution is -2.41. The van der Waals surface area contributed by atoms with Crippen molar-refractivity contribution in [1.29, 1.82) is 0 Å². The molecule has 20 heavy (non-hydrogen) atoms. The summed E-state index contributed by atoms with van der Waals surface area (Å²) in [4.78, 5) is 0. The van der Waals surface area contributed by atoms with Crippen molar-refractivity contribution in [2.75, 3.05) is 20.3 Å². The number of methoxy groups -OCH3 is 1. The maximum Gasteiger partial charge on any atom is 0.122 e. The number of para-hydroxylation sites is 1. The van der Waals surface area contributed by atoms with E-state index < -0.39 is 0 Å². The largest absolute Gasteiger partial charge is 0.496 e. The van der Waals surface area contributed by atoms with Crippen LogP contribution < -0.4 is 10.1 Å². The van der Waals surface area contributed by atoms with E-state index in [2.05, 4.69) is 32.2 Å². The predicted octanol–water partition coefficient (Wildman–Crippen LogP) is 3.01. The molecule has 0 spiro atoms. The molecule has 1 aromatic rings. The number of benzene rings is 1. The van der Waals surface area contributed by atoms with Crippen molar-refractivity contribution < 1.29 is 9.84 Å². The fraction of sp³-hybridized carbons (Fsp3) is 0.647. The van der Waals surface area contributed by atoms with Gasteiger partial charge in [0.25, 0.3) is 0 Å². The first-order valence-electron chi connectivity index (χ1n) is 7.57. The van der Waals surface area contributed by atoms with Gasteiger partial charge in [0.05, 0.1) is 7.11 Å². The van der Waals surface area contributed by atoms with Gasteiger partial charge in [0, 0.05) is 24.6 Å². The highest BCUT2D eigenvalue weighted by atomic mass is 16.5. The summed E-state index contributed by atoms with van der Waals surface area (Å²) in [5.41, 5.74) is 1.23. The molecule has 0 aromatic heterocycles. The molecule has 0 fully saturated rings. The molecule has 0 saturated carbocycles. The van der Waals surface area contributed by atoms with E-state index in [-0.39, 0.29) is 12.0 Å². The number of rotatable bonds is 9. The van der Waals surface area contributed by atoms with Gasteiger partial charge in [-0.2, -0.15) is 0 Å². The minimum absolute atomic E-state index is 0.00896. The summed E-state index contributed by atoms with van der Waals surface area (Å²) in [6.45, 7) is 7.57. The average molecular weight is 279 g/mol. The first-order chi connectivity index (χ1) is 9.60. The van der Waals surface area contributed by atoms with E-state index in [9.17, 15) is 5.11 Å². The van der Waals surface area contributed by atoms with Gasteiger partial charge in [0.2, 0.25) is 0 Å². The van der Waals surface area contributed by atoms with Crippen LogP contribution in [0.1, 0.15) is 39.2 Å². The number of hydrogen-bond donors (Lipinski definition) is 2. The van der Waals surface area contributed by atoms with Gasteiger partial charge in [-0.05, 0) is 37.8 Å². The Kier molecular flexibility index (Phi) is 7.03. The van der Waals surface area contributed by atoms with E-state index in [1.165, 1.54) is 5.56 Å². The van der Waals surface area contributed by atoms with Crippen LogP contribution in [-0.4, -0.2) is 31.4 Å². The van der Waals surface area contributed by atoms with Crippen molar-refractivity contribution in [3.05, 3.63) is 29.8 Å². The third-order valence-corrected chi connectivity index (χ3v) is 4.38. The van der Waals surface area contributed by atoms with E-state index >= 15 is 0 Å². The van der Waals surface area contributed by atoms with E-state index in [0.717, 1.165) is 31.6 Å². The number of hydrogen-bond acceptors (Lipinski definition) is 3. The van der Waals surface area contributed by atoms with Crippen LogP contribution in [0.3, 0.4) is 0 Å². The summed E-state index contributed by atoms with van der Waals surface area (Å²) < 4.78 is 5.39. The molecule has 1 atom stereocenters. The molecule has 0 aliphatic rings. The van der Waals surface area contributed by atoms with Crippen LogP contribution >= 0.6 is 0 Å². The molecule has 3 heteroatoms. The second-order valence-electron chi connectivity index (χ2n) is 5.66. The number of nitrogens with one attached hydrogen (secondary N) is 1. The van der Waals surface area contributed by atoms with E-state index in [0.29, 0.717) is 6.04 Å². The third kappa shape index (κ3) is 4.50. The molecule has 114 valence electrons. The summed E-state index contributed by atoms with van der Waals surface area (Å²) in [5, 5.41) is 13.2. The van der Waals surface area contributed by atoms with Crippen LogP contribution in [-0.2, 0) is 6.42 Å². The van der Waals surface area contributed by atoms with Crippen LogP contribution in [0.15, 0.2) is 24.3 Å². The molecular weight excluding hydrogens is 250 g/mol. The zero-order chi connectivity index (χ0) is 15.0. The molecule has 1 aromatic carbocycles. The smallest absolute Gasteiger partial charge is 0.122 e. The summed E-state index contributed by atoms with van der Waals surface area (Å²) in [6, 6.07) is 8.50. The van der Waals surface area contributed by atoms with Gasteiger partial charge >= 0.3 is 0 Å². The summed E-state index contributed by atoms with van der Waals surface area (Å²) in [6.07, 6.45) is 2.92. The molecule has 1 rings (SSSR count). The van der Waals surface area contributed by atoms with Crippen LogP contribution in [0.5, 0.6) is 5.75 Å². The number of aliphatic hydroxyl groups excluding tert-OH is 1. The lowest BCUT2D eigenvalue weighted by Gasteiger charge is -2.31. The summed E-state index contributed by atoms with van der Waals surface area (Å²) in [5.74, 6) is 0.945. The molecule has 0 bridgehead atoms. The monoisotopic (exact) mass is 279 g/mol. The van der Waals surface area contributed by atoms with Crippen molar-refractivity contribution in [3.63, 3.8) is 0 Å². The Morgan fingerprint density at radius 2 is 1.90 bits per heavy atom. The second kappa shape index (κ2) is 8.28. The van der Waals surface area contributed by atoms with Gasteiger partial charge in [-0.1, -0.05) is 32.0 Å². The van der Waals surface area contributed by atoms with Crippen LogP contribution in [0, 0.1) is 5.41 Å². The summed E-state index contributed by atoms with van der Waals surface area (Å²) in [7, 11) is 1.71. The maximum atomic E-state index is 9.60. The van der Waals surface area contributed by atoms with E-state index in [1.54, 1.807) is 7.11 Å². The van der Waals surface area contributed by atoms with Crippen LogP contribution in [0.2, 0.25) is 0 Å². The Labute approximate surface area is 123 Å². The first kappa shape index (κ1) is 17.0. The molecule has 1 unspecified atom stereocenters. The van der Waals surface area contributed by atoms with Crippen LogP contribution in [0.4, 0.5) is 0 Å². The molecule has 2 N–H and O–H groups in total. The Bertz CT molecular complexity index is 380. The fourth-order valence-electron chi connectivity index (χ4n) is 2.44. The van der Waals surface area contributed by atoms with Crippen LogP contribution in [0.25, 0.3) is 0 Å². The van der Waals surface area contributed by atoms with Gasteiger partial charge in [-0.3, -0.25) is 0 Å². The SMILES string of the molecule is CCC(CC)(CO)CNC(C)Cc1ccccc1OC. The highest BCUT2D eigenvalue weighted by Gasteiger charge is 2.25. The molecule has 0 amide bonds. The van der Waals surface area contributed by atoms with Crippen molar-refractivity contribution >= 4 is 0 Å². The van der Waals surface area contributed by atoms with Crippen molar-refractivity contribution in [1.82, 2.24) is 5.32 Å². The average Bonchev–Trinajstić information content (AvgIpc) is 2.50. The maximum absolute atomic E-state index is 9.60. The minimum atomic E-state index is 0.00896. The Balaban J connectivity index is 2.57. The summed E-state index contributed by atoms with van der Waals surface area (Å²) >= 11 is 0. The molecule has 0 saturated heterocycles. The minimum Gasteiger partial charge on any atom is -0.496 e. The fourth-order valence-corrected chi connectivity index (χ4v) is 2.44. The third-order valence-electron chi connectivity index (χ3n) is 4.38. The molecule has 0 radical (unpaired) electrons. The standard InChI is InChI=1S/C17H29NO2/c1-5-17(6-2,13-19)12-18-14(3)11-15-9-7-8-10-16(15)20-4/h7-10,14,18-19H,5-6,11-13H2,1-4H3. The van der Waals surface area contributed by atoms with E-state index in [4.69, 9.17) is 4.74 Å². The van der Waals surface area contributed by atoms with Gasteiger partial charge in [0.15, 0.2) is 0 Å². The Morgan fingerprint density at radius 3 is 2.45 bits per heavy atom. The second-order valence-corrected chi connectivity index (χ2v) is 5.66. The Hall–Kier alpha value is -1.06. The van der Waals surface area contributed by atoms with Crippen molar-refractivity contribution in [2.45, 2.75) is 46.1 Å². The normalized spacial score (nSPS) is 13.2. The lowest BCUT2D eigenvalue weighted by molar-refractivity contribution is 0.110. The molecule has 0 heterocycles. The van der Waals surface area contributed by atoms with E-state index in [1.807, 2.05) is 18.2 Å². The van der Waals surface area contributed by atoms with Gasteiger partial charge in [-0.25, -0.2) is 0 Å². The zero-order valence-electron chi connectivity index (χ0n) is 13.3. The highest BCUT2D eigenvalue weighted by Crippen LogP contribution is 2.25. The molecular formula is C17H29NO2. The molecule has 0 aliphatic heterocycles. The first-order valence-corrected chi connectivity index (χ1v) is 7.57.